The van der Waals surface area contributed by atoms with Crippen molar-refractivity contribution >= 4 is 23.5 Å². The van der Waals surface area contributed by atoms with E-state index in [0.29, 0.717) is 10.7 Å². The van der Waals surface area contributed by atoms with Gasteiger partial charge in [-0.2, -0.15) is 13.9 Å². The van der Waals surface area contributed by atoms with Crippen molar-refractivity contribution in [3.63, 3.8) is 0 Å². The molecule has 0 bridgehead atoms. The Kier molecular flexibility index (Phi) is 8.13. The van der Waals surface area contributed by atoms with Gasteiger partial charge < -0.3 is 14.8 Å². The maximum Gasteiger partial charge on any atom is 0.387 e. The van der Waals surface area contributed by atoms with E-state index in [1.54, 1.807) is 12.1 Å². The van der Waals surface area contributed by atoms with Crippen molar-refractivity contribution < 1.29 is 18.3 Å². The molecule has 22 heavy (non-hydrogen) atoms. The molecular formula is C14H19F2N3O2S. The molecular weight excluding hydrogens is 312 g/mol. The number of unbranched alkanes of at least 4 members (excludes halogenated alkanes) is 1. The average molecular weight is 331 g/mol. The van der Waals surface area contributed by atoms with E-state index < -0.39 is 6.61 Å². The number of halogens is 2. The molecule has 2 N–H and O–H groups in total. The first kappa shape index (κ1) is 18.1. The summed E-state index contributed by atoms with van der Waals surface area (Å²) in [6, 6.07) is 4.76. The summed E-state index contributed by atoms with van der Waals surface area (Å²) in [6.07, 6.45) is 3.39. The maximum atomic E-state index is 12.5. The fourth-order valence-corrected chi connectivity index (χ4v) is 1.74. The van der Waals surface area contributed by atoms with Crippen LogP contribution in [0.3, 0.4) is 0 Å². The van der Waals surface area contributed by atoms with Crippen LogP contribution in [0.15, 0.2) is 23.3 Å². The zero-order chi connectivity index (χ0) is 16.4. The fraction of sp³-hybridized carbons (Fsp3) is 0.429. The molecule has 0 saturated carbocycles. The summed E-state index contributed by atoms with van der Waals surface area (Å²) >= 11 is 5.02. The molecule has 0 amide bonds. The summed E-state index contributed by atoms with van der Waals surface area (Å²) in [4.78, 5) is 0. The molecule has 8 heteroatoms. The van der Waals surface area contributed by atoms with Crippen LogP contribution in [0, 0.1) is 0 Å². The summed E-state index contributed by atoms with van der Waals surface area (Å²) in [5.41, 5.74) is 2.96. The fourth-order valence-electron chi connectivity index (χ4n) is 1.59. The highest BCUT2D eigenvalue weighted by Gasteiger charge is 2.14. The number of ether oxygens (including phenoxy) is 2. The number of rotatable bonds is 8. The van der Waals surface area contributed by atoms with Gasteiger partial charge in [0.1, 0.15) is 0 Å². The molecule has 122 valence electrons. The first-order valence-electron chi connectivity index (χ1n) is 6.77. The molecule has 0 heterocycles. The molecule has 0 aromatic heterocycles. The third-order valence-corrected chi connectivity index (χ3v) is 2.86. The topological polar surface area (TPSA) is 54.9 Å². The first-order valence-corrected chi connectivity index (χ1v) is 7.18. The lowest BCUT2D eigenvalue weighted by molar-refractivity contribution is -0.0513. The van der Waals surface area contributed by atoms with E-state index in [2.05, 4.69) is 27.5 Å². The van der Waals surface area contributed by atoms with Gasteiger partial charge in [-0.1, -0.05) is 19.4 Å². The highest BCUT2D eigenvalue weighted by molar-refractivity contribution is 7.80. The number of alkyl halides is 2. The summed E-state index contributed by atoms with van der Waals surface area (Å²) in [5, 5.41) is 7.24. The molecule has 0 aliphatic heterocycles. The van der Waals surface area contributed by atoms with E-state index >= 15 is 0 Å². The minimum Gasteiger partial charge on any atom is -0.493 e. The third kappa shape index (κ3) is 6.21. The molecule has 1 aromatic carbocycles. The molecule has 1 rings (SSSR count). The monoisotopic (exact) mass is 331 g/mol. The van der Waals surface area contributed by atoms with Crippen molar-refractivity contribution in [2.75, 3.05) is 13.7 Å². The van der Waals surface area contributed by atoms with Crippen molar-refractivity contribution in [3.05, 3.63) is 23.8 Å². The molecule has 0 fully saturated rings. The zero-order valence-corrected chi connectivity index (χ0v) is 13.3. The van der Waals surface area contributed by atoms with Gasteiger partial charge in [0.25, 0.3) is 0 Å². The van der Waals surface area contributed by atoms with E-state index in [1.165, 1.54) is 19.4 Å². The highest BCUT2D eigenvalue weighted by Crippen LogP contribution is 2.31. The zero-order valence-electron chi connectivity index (χ0n) is 12.4. The van der Waals surface area contributed by atoms with Crippen LogP contribution in [-0.2, 0) is 0 Å². The quantitative estimate of drug-likeness (QED) is 0.332. The second-order valence-electron chi connectivity index (χ2n) is 4.24. The molecule has 0 radical (unpaired) electrons. The van der Waals surface area contributed by atoms with Crippen molar-refractivity contribution in [2.45, 2.75) is 26.4 Å². The molecule has 0 atom stereocenters. The number of hydrogen-bond donors (Lipinski definition) is 2. The van der Waals surface area contributed by atoms with Crippen molar-refractivity contribution in [1.82, 2.24) is 10.7 Å². The normalized spacial score (nSPS) is 10.8. The van der Waals surface area contributed by atoms with Gasteiger partial charge in [-0.25, -0.2) is 0 Å². The second-order valence-corrected chi connectivity index (χ2v) is 4.64. The minimum atomic E-state index is -2.95. The van der Waals surface area contributed by atoms with Crippen molar-refractivity contribution in [1.29, 1.82) is 0 Å². The lowest BCUT2D eigenvalue weighted by Gasteiger charge is -2.12. The summed E-state index contributed by atoms with van der Waals surface area (Å²) in [6.45, 7) is -0.131. The van der Waals surface area contributed by atoms with Crippen LogP contribution in [0.5, 0.6) is 11.5 Å². The molecule has 0 spiro atoms. The number of hydrogen-bond acceptors (Lipinski definition) is 4. The summed E-state index contributed by atoms with van der Waals surface area (Å²) < 4.78 is 34.4. The van der Waals surface area contributed by atoms with Crippen LogP contribution < -0.4 is 20.2 Å². The summed E-state index contributed by atoms with van der Waals surface area (Å²) in [7, 11) is 1.37. The van der Waals surface area contributed by atoms with Crippen LogP contribution >= 0.6 is 12.2 Å². The van der Waals surface area contributed by atoms with Crippen LogP contribution in [0.4, 0.5) is 8.78 Å². The van der Waals surface area contributed by atoms with Crippen LogP contribution in [0.25, 0.3) is 0 Å². The predicted octanol–water partition coefficient (Wildman–Crippen LogP) is 2.89. The van der Waals surface area contributed by atoms with E-state index in [9.17, 15) is 8.78 Å². The van der Waals surface area contributed by atoms with Crippen LogP contribution in [0.2, 0.25) is 0 Å². The molecule has 1 aromatic rings. The van der Waals surface area contributed by atoms with Crippen molar-refractivity contribution in [3.8, 4) is 11.5 Å². The molecule has 0 aliphatic carbocycles. The Balaban J connectivity index is 2.71. The molecule has 0 unspecified atom stereocenters. The third-order valence-electron chi connectivity index (χ3n) is 2.62. The maximum absolute atomic E-state index is 12.5. The van der Waals surface area contributed by atoms with E-state index in [4.69, 9.17) is 17.0 Å². The Morgan fingerprint density at radius 3 is 2.86 bits per heavy atom. The number of nitrogens with zero attached hydrogens (tertiary/aromatic N) is 1. The first-order chi connectivity index (χ1) is 10.6. The van der Waals surface area contributed by atoms with Gasteiger partial charge in [-0.3, -0.25) is 5.43 Å². The lowest BCUT2D eigenvalue weighted by atomic mass is 10.2. The van der Waals surface area contributed by atoms with Gasteiger partial charge in [-0.05, 0) is 30.8 Å². The number of benzene rings is 1. The van der Waals surface area contributed by atoms with Gasteiger partial charge in [0.2, 0.25) is 0 Å². The van der Waals surface area contributed by atoms with E-state index in [-0.39, 0.29) is 11.5 Å². The van der Waals surface area contributed by atoms with Crippen LogP contribution in [-0.4, -0.2) is 31.6 Å². The largest absolute Gasteiger partial charge is 0.493 e. The van der Waals surface area contributed by atoms with Crippen LogP contribution in [0.1, 0.15) is 25.3 Å². The van der Waals surface area contributed by atoms with Gasteiger partial charge in [0.15, 0.2) is 16.6 Å². The predicted molar refractivity (Wildman–Crippen MR) is 85.9 cm³/mol. The Hall–Kier alpha value is -1.96. The Morgan fingerprint density at radius 1 is 1.45 bits per heavy atom. The average Bonchev–Trinajstić information content (AvgIpc) is 2.48. The Labute approximate surface area is 133 Å². The van der Waals surface area contributed by atoms with E-state index in [1.807, 2.05) is 0 Å². The van der Waals surface area contributed by atoms with Gasteiger partial charge >= 0.3 is 6.61 Å². The Bertz CT molecular complexity index is 513. The van der Waals surface area contributed by atoms with E-state index in [0.717, 1.165) is 19.4 Å². The lowest BCUT2D eigenvalue weighted by Crippen LogP contribution is -2.32. The number of para-hydroxylation sites is 1. The molecule has 0 aliphatic rings. The summed E-state index contributed by atoms with van der Waals surface area (Å²) in [5.74, 6) is 0.128. The Morgan fingerprint density at radius 2 is 2.23 bits per heavy atom. The number of methoxy groups -OCH3 is 1. The second kappa shape index (κ2) is 9.88. The van der Waals surface area contributed by atoms with Crippen molar-refractivity contribution in [2.24, 2.45) is 5.10 Å². The highest BCUT2D eigenvalue weighted by atomic mass is 32.1. The smallest absolute Gasteiger partial charge is 0.387 e. The number of hydrazone groups is 1. The molecule has 0 saturated heterocycles. The van der Waals surface area contributed by atoms with Gasteiger partial charge in [0.05, 0.1) is 13.3 Å². The van der Waals surface area contributed by atoms with Gasteiger partial charge in [0, 0.05) is 12.1 Å². The number of thiocarbonyl (C=S) groups is 1. The molecule has 5 nitrogen and oxygen atoms in total. The van der Waals surface area contributed by atoms with Gasteiger partial charge in [-0.15, -0.1) is 0 Å². The standard InChI is InChI=1S/C14H19F2N3O2S/c1-3-4-8-17-14(22)19-18-9-10-6-5-7-11(20-2)12(10)21-13(15)16/h5-7,9,13H,3-4,8H2,1-2H3,(H2,17,19,22)/b18-9-. The number of nitrogens with one attached hydrogen (secondary N) is 2. The SMILES string of the molecule is CCCCNC(=S)N/N=C\c1cccc(OC)c1OC(F)F. The minimum absolute atomic E-state index is 0.0737.